The summed E-state index contributed by atoms with van der Waals surface area (Å²) < 4.78 is 41.3. The quantitative estimate of drug-likeness (QED) is 0.498. The van der Waals surface area contributed by atoms with Crippen molar-refractivity contribution in [2.24, 2.45) is 0 Å². The molecule has 8 nitrogen and oxygen atoms in total. The SMILES string of the molecule is O=C(Nc1cnccc1CN1C(=O)N(c2ccc(OC(F)(F)F)cc2)C(=O)C12CC2)c1ccccc1. The highest BCUT2D eigenvalue weighted by Gasteiger charge is 2.65. The molecule has 11 heteroatoms. The lowest BCUT2D eigenvalue weighted by molar-refractivity contribution is -0.274. The molecular formula is C25H19F3N4O4. The lowest BCUT2D eigenvalue weighted by atomic mass is 10.1. The van der Waals surface area contributed by atoms with E-state index in [9.17, 15) is 27.6 Å². The Labute approximate surface area is 203 Å². The standard InChI is InChI=1S/C25H19F3N4O4/c26-25(27,28)36-19-8-6-18(7-9-19)32-22(34)24(11-12-24)31(23(32)35)15-17-10-13-29-14-20(17)30-21(33)16-4-2-1-3-5-16/h1-10,13-14H,11-12,15H2,(H,30,33). The summed E-state index contributed by atoms with van der Waals surface area (Å²) in [4.78, 5) is 45.7. The Morgan fingerprint density at radius 2 is 1.72 bits per heavy atom. The topological polar surface area (TPSA) is 91.8 Å². The van der Waals surface area contributed by atoms with Crippen LogP contribution in [0.5, 0.6) is 5.75 Å². The fourth-order valence-corrected chi connectivity index (χ4v) is 4.19. The van der Waals surface area contributed by atoms with Gasteiger partial charge in [-0.3, -0.25) is 14.6 Å². The predicted molar refractivity (Wildman–Crippen MR) is 122 cm³/mol. The second kappa shape index (κ2) is 8.67. The number of hydrogen-bond donors (Lipinski definition) is 1. The zero-order valence-corrected chi connectivity index (χ0v) is 18.7. The van der Waals surface area contributed by atoms with Crippen molar-refractivity contribution in [1.82, 2.24) is 9.88 Å². The van der Waals surface area contributed by atoms with E-state index in [1.165, 1.54) is 29.4 Å². The van der Waals surface area contributed by atoms with Crippen molar-refractivity contribution >= 4 is 29.2 Å². The van der Waals surface area contributed by atoms with Crippen molar-refractivity contribution in [2.75, 3.05) is 10.2 Å². The number of anilines is 2. The number of rotatable bonds is 6. The molecule has 1 aliphatic carbocycles. The van der Waals surface area contributed by atoms with Gasteiger partial charge in [0.25, 0.3) is 11.8 Å². The molecule has 2 aliphatic rings. The number of imide groups is 1. The van der Waals surface area contributed by atoms with Gasteiger partial charge in [0.15, 0.2) is 0 Å². The fourth-order valence-electron chi connectivity index (χ4n) is 4.19. The van der Waals surface area contributed by atoms with E-state index >= 15 is 0 Å². The summed E-state index contributed by atoms with van der Waals surface area (Å²) in [6.45, 7) is 0.0310. The minimum absolute atomic E-state index is 0.0310. The van der Waals surface area contributed by atoms with Crippen LogP contribution in [0.1, 0.15) is 28.8 Å². The number of alkyl halides is 3. The summed E-state index contributed by atoms with van der Waals surface area (Å²) in [7, 11) is 0. The predicted octanol–water partition coefficient (Wildman–Crippen LogP) is 4.73. The van der Waals surface area contributed by atoms with Gasteiger partial charge >= 0.3 is 12.4 Å². The first kappa shape index (κ1) is 23.3. The first-order chi connectivity index (χ1) is 17.2. The summed E-state index contributed by atoms with van der Waals surface area (Å²) in [5.41, 5.74) is 0.539. The van der Waals surface area contributed by atoms with Crippen LogP contribution in [0.2, 0.25) is 0 Å². The van der Waals surface area contributed by atoms with Gasteiger partial charge in [-0.1, -0.05) is 18.2 Å². The molecule has 0 atom stereocenters. The molecule has 2 heterocycles. The maximum absolute atomic E-state index is 13.4. The normalized spacial score (nSPS) is 16.4. The van der Waals surface area contributed by atoms with Crippen molar-refractivity contribution in [3.63, 3.8) is 0 Å². The van der Waals surface area contributed by atoms with Crippen molar-refractivity contribution in [3.05, 3.63) is 84.2 Å². The smallest absolute Gasteiger partial charge is 0.406 e. The number of carbonyl (C=O) groups is 3. The molecule has 0 unspecified atom stereocenters. The van der Waals surface area contributed by atoms with Gasteiger partial charge < -0.3 is 15.0 Å². The Bertz CT molecular complexity index is 1330. The zero-order chi connectivity index (χ0) is 25.5. The third-order valence-electron chi connectivity index (χ3n) is 6.12. The van der Waals surface area contributed by atoms with Gasteiger partial charge in [-0.2, -0.15) is 0 Å². The summed E-state index contributed by atoms with van der Waals surface area (Å²) in [6.07, 6.45) is -0.948. The molecule has 1 saturated carbocycles. The highest BCUT2D eigenvalue weighted by atomic mass is 19.4. The van der Waals surface area contributed by atoms with Crippen molar-refractivity contribution < 1.29 is 32.3 Å². The van der Waals surface area contributed by atoms with E-state index in [1.807, 2.05) is 0 Å². The maximum Gasteiger partial charge on any atom is 0.573 e. The van der Waals surface area contributed by atoms with Crippen molar-refractivity contribution in [1.29, 1.82) is 0 Å². The number of benzene rings is 2. The number of pyridine rings is 1. The molecule has 1 aliphatic heterocycles. The number of carbonyl (C=O) groups excluding carboxylic acids is 3. The summed E-state index contributed by atoms with van der Waals surface area (Å²) in [5.74, 6) is -1.25. The first-order valence-electron chi connectivity index (χ1n) is 11.0. The van der Waals surface area contributed by atoms with Crippen LogP contribution in [-0.4, -0.2) is 39.6 Å². The number of aromatic nitrogens is 1. The molecule has 5 rings (SSSR count). The Morgan fingerprint density at radius 1 is 1.03 bits per heavy atom. The van der Waals surface area contributed by atoms with E-state index in [-0.39, 0.29) is 18.1 Å². The van der Waals surface area contributed by atoms with E-state index in [1.54, 1.807) is 36.4 Å². The first-order valence-corrected chi connectivity index (χ1v) is 11.0. The molecular weight excluding hydrogens is 477 g/mol. The molecule has 1 aromatic heterocycles. The molecule has 36 heavy (non-hydrogen) atoms. The van der Waals surface area contributed by atoms with Gasteiger partial charge in [-0.05, 0) is 60.9 Å². The van der Waals surface area contributed by atoms with E-state index < -0.39 is 29.6 Å². The second-order valence-electron chi connectivity index (χ2n) is 8.44. The van der Waals surface area contributed by atoms with Crippen molar-refractivity contribution in [3.8, 4) is 5.75 Å². The number of nitrogens with one attached hydrogen (secondary N) is 1. The number of halogens is 3. The van der Waals surface area contributed by atoms with Crippen LogP contribution in [0.4, 0.5) is 29.3 Å². The molecule has 1 N–H and O–H groups in total. The molecule has 4 amide bonds. The number of hydrogen-bond acceptors (Lipinski definition) is 5. The zero-order valence-electron chi connectivity index (χ0n) is 18.7. The van der Waals surface area contributed by atoms with Crippen LogP contribution < -0.4 is 15.0 Å². The summed E-state index contributed by atoms with van der Waals surface area (Å²) in [5, 5.41) is 2.80. The lowest BCUT2D eigenvalue weighted by Crippen LogP contribution is -2.36. The number of urea groups is 1. The third kappa shape index (κ3) is 4.35. The van der Waals surface area contributed by atoms with E-state index in [0.717, 1.165) is 17.0 Å². The van der Waals surface area contributed by atoms with E-state index in [4.69, 9.17) is 0 Å². The summed E-state index contributed by atoms with van der Waals surface area (Å²) >= 11 is 0. The Morgan fingerprint density at radius 3 is 2.36 bits per heavy atom. The molecule has 184 valence electrons. The molecule has 2 fully saturated rings. The van der Waals surface area contributed by atoms with Gasteiger partial charge in [-0.25, -0.2) is 9.69 Å². The monoisotopic (exact) mass is 496 g/mol. The molecule has 1 spiro atoms. The maximum atomic E-state index is 13.4. The number of amides is 4. The van der Waals surface area contributed by atoms with Gasteiger partial charge in [0.1, 0.15) is 11.3 Å². The van der Waals surface area contributed by atoms with Gasteiger partial charge in [0.05, 0.1) is 24.1 Å². The minimum Gasteiger partial charge on any atom is -0.406 e. The molecule has 1 saturated heterocycles. The molecule has 0 bridgehead atoms. The van der Waals surface area contributed by atoms with Crippen LogP contribution in [0.15, 0.2) is 73.1 Å². The van der Waals surface area contributed by atoms with Crippen molar-refractivity contribution in [2.45, 2.75) is 31.3 Å². The van der Waals surface area contributed by atoms with Crippen LogP contribution >= 0.6 is 0 Å². The van der Waals surface area contributed by atoms with Crippen LogP contribution in [-0.2, 0) is 11.3 Å². The highest BCUT2D eigenvalue weighted by Crippen LogP contribution is 2.50. The van der Waals surface area contributed by atoms with Gasteiger partial charge in [0.2, 0.25) is 0 Å². The Kier molecular flexibility index (Phi) is 5.62. The lowest BCUT2D eigenvalue weighted by Gasteiger charge is -2.22. The average Bonchev–Trinajstić information content (AvgIpc) is 3.62. The third-order valence-corrected chi connectivity index (χ3v) is 6.12. The Hall–Kier alpha value is -4.41. The second-order valence-corrected chi connectivity index (χ2v) is 8.44. The van der Waals surface area contributed by atoms with E-state index in [0.29, 0.717) is 29.7 Å². The molecule has 3 aromatic rings. The van der Waals surface area contributed by atoms with Crippen LogP contribution in [0.3, 0.4) is 0 Å². The summed E-state index contributed by atoms with van der Waals surface area (Å²) in [6, 6.07) is 14.2. The minimum atomic E-state index is -4.85. The molecule has 2 aromatic carbocycles. The van der Waals surface area contributed by atoms with Gasteiger partial charge in [-0.15, -0.1) is 13.2 Å². The average molecular weight is 496 g/mol. The van der Waals surface area contributed by atoms with Gasteiger partial charge in [0, 0.05) is 11.8 Å². The molecule has 0 radical (unpaired) electrons. The largest absolute Gasteiger partial charge is 0.573 e. The number of ether oxygens (including phenoxy) is 1. The van der Waals surface area contributed by atoms with Crippen LogP contribution in [0.25, 0.3) is 0 Å². The number of nitrogens with zero attached hydrogens (tertiary/aromatic N) is 3. The van der Waals surface area contributed by atoms with E-state index in [2.05, 4.69) is 15.0 Å². The van der Waals surface area contributed by atoms with Crippen LogP contribution in [0, 0.1) is 0 Å². The highest BCUT2D eigenvalue weighted by molar-refractivity contribution is 6.24. The fraction of sp³-hybridized carbons (Fsp3) is 0.200. The Balaban J connectivity index is 1.38.